The highest BCUT2D eigenvalue weighted by atomic mass is 16.5. The van der Waals surface area contributed by atoms with Crippen LogP contribution >= 0.6 is 0 Å². The molecule has 34 heavy (non-hydrogen) atoms. The Hall–Kier alpha value is -3.09. The van der Waals surface area contributed by atoms with E-state index in [0.29, 0.717) is 41.0 Å². The predicted molar refractivity (Wildman–Crippen MR) is 128 cm³/mol. The number of dihydropyridines is 1. The maximum absolute atomic E-state index is 13.8. The molecular weight excluding hydrogens is 434 g/mol. The van der Waals surface area contributed by atoms with Gasteiger partial charge in [-0.05, 0) is 52.5 Å². The quantitative estimate of drug-likeness (QED) is 0.467. The van der Waals surface area contributed by atoms with Crippen LogP contribution in [-0.4, -0.2) is 37.0 Å². The molecule has 184 valence electrons. The monoisotopic (exact) mass is 469 g/mol. The summed E-state index contributed by atoms with van der Waals surface area (Å²) in [6, 6.07) is 7.40. The van der Waals surface area contributed by atoms with Gasteiger partial charge < -0.3 is 19.5 Å². The van der Waals surface area contributed by atoms with E-state index >= 15 is 0 Å². The van der Waals surface area contributed by atoms with Crippen molar-refractivity contribution in [1.82, 2.24) is 5.32 Å². The number of methoxy groups -OCH3 is 1. The number of Topliss-reactive ketones (excluding diaryl/α,β-unsaturated/α-hetero) is 1. The van der Waals surface area contributed by atoms with Crippen molar-refractivity contribution in [3.63, 3.8) is 0 Å². The Bertz CT molecular complexity index is 1040. The number of ether oxygens (including phenoxy) is 3. The molecule has 1 aliphatic heterocycles. The summed E-state index contributed by atoms with van der Waals surface area (Å²) in [5.74, 6) is -2.71. The summed E-state index contributed by atoms with van der Waals surface area (Å²) >= 11 is 0. The number of carbonyl (C=O) groups excluding carboxylic acids is 3. The molecule has 7 nitrogen and oxygen atoms in total. The van der Waals surface area contributed by atoms with Crippen LogP contribution in [0.4, 0.5) is 0 Å². The first-order chi connectivity index (χ1) is 16.1. The van der Waals surface area contributed by atoms with E-state index in [1.807, 2.05) is 65.8 Å². The first-order valence-electron chi connectivity index (χ1n) is 11.9. The highest BCUT2D eigenvalue weighted by Gasteiger charge is 2.48. The predicted octanol–water partition coefficient (Wildman–Crippen LogP) is 4.43. The molecule has 0 spiro atoms. The molecule has 2 aliphatic rings. The van der Waals surface area contributed by atoms with Crippen molar-refractivity contribution in [2.24, 2.45) is 11.8 Å². The van der Waals surface area contributed by atoms with Crippen molar-refractivity contribution in [2.45, 2.75) is 72.5 Å². The first-order valence-corrected chi connectivity index (χ1v) is 11.9. The summed E-state index contributed by atoms with van der Waals surface area (Å²) in [4.78, 5) is 39.8. The van der Waals surface area contributed by atoms with Gasteiger partial charge >= 0.3 is 11.9 Å². The Balaban J connectivity index is 2.22. The molecule has 1 N–H and O–H groups in total. The number of hydrogen-bond acceptors (Lipinski definition) is 7. The van der Waals surface area contributed by atoms with Gasteiger partial charge in [-0.1, -0.05) is 32.0 Å². The lowest BCUT2D eigenvalue weighted by Crippen LogP contribution is -2.43. The molecule has 1 aromatic carbocycles. The van der Waals surface area contributed by atoms with Crippen LogP contribution in [0, 0.1) is 11.8 Å². The number of carbonyl (C=O) groups is 3. The van der Waals surface area contributed by atoms with Gasteiger partial charge in [0.15, 0.2) is 5.78 Å². The maximum atomic E-state index is 13.8. The van der Waals surface area contributed by atoms with Crippen LogP contribution < -0.4 is 10.1 Å². The van der Waals surface area contributed by atoms with E-state index in [1.54, 1.807) is 0 Å². The van der Waals surface area contributed by atoms with Crippen LogP contribution in [0.5, 0.6) is 5.75 Å². The Morgan fingerprint density at radius 2 is 1.85 bits per heavy atom. The normalized spacial score (nSPS) is 23.3. The lowest BCUT2D eigenvalue weighted by molar-refractivity contribution is -0.151. The van der Waals surface area contributed by atoms with Crippen LogP contribution in [0.25, 0.3) is 0 Å². The van der Waals surface area contributed by atoms with Crippen LogP contribution in [0.1, 0.15) is 65.9 Å². The molecule has 0 radical (unpaired) electrons. The zero-order valence-corrected chi connectivity index (χ0v) is 21.1. The molecule has 0 aromatic heterocycles. The molecule has 0 unspecified atom stereocenters. The van der Waals surface area contributed by atoms with E-state index in [-0.39, 0.29) is 23.9 Å². The molecule has 0 bridgehead atoms. The Labute approximate surface area is 201 Å². The number of benzene rings is 1. The minimum Gasteiger partial charge on any atom is -0.491 e. The third-order valence-corrected chi connectivity index (χ3v) is 6.44. The van der Waals surface area contributed by atoms with Gasteiger partial charge in [-0.25, -0.2) is 4.79 Å². The molecule has 0 saturated carbocycles. The van der Waals surface area contributed by atoms with E-state index in [1.165, 1.54) is 7.11 Å². The number of rotatable bonds is 7. The molecule has 0 fully saturated rings. The number of para-hydroxylation sites is 1. The average Bonchev–Trinajstić information content (AvgIpc) is 2.77. The minimum atomic E-state index is -0.934. The molecular formula is C27H35NO6. The van der Waals surface area contributed by atoms with Crippen molar-refractivity contribution in [1.29, 1.82) is 0 Å². The molecule has 1 aromatic rings. The number of esters is 2. The fourth-order valence-corrected chi connectivity index (χ4v) is 4.67. The Morgan fingerprint density at radius 1 is 1.18 bits per heavy atom. The van der Waals surface area contributed by atoms with Gasteiger partial charge in [0.05, 0.1) is 30.8 Å². The lowest BCUT2D eigenvalue weighted by atomic mass is 9.69. The SMILES string of the molecule is CC[C@H](C)OC(=O)C1=C(C)NC2=C(C(=O)[C@H](C(=O)OC)[C@@H](C)C2)[C@@H]1c1ccccc1OC(C)C. The van der Waals surface area contributed by atoms with E-state index in [0.717, 1.165) is 5.70 Å². The van der Waals surface area contributed by atoms with Gasteiger partial charge in [0.1, 0.15) is 11.7 Å². The van der Waals surface area contributed by atoms with E-state index in [9.17, 15) is 14.4 Å². The smallest absolute Gasteiger partial charge is 0.337 e. The Morgan fingerprint density at radius 3 is 2.47 bits per heavy atom. The molecule has 1 heterocycles. The summed E-state index contributed by atoms with van der Waals surface area (Å²) in [5, 5.41) is 3.28. The average molecular weight is 470 g/mol. The highest BCUT2D eigenvalue weighted by Crippen LogP contribution is 2.47. The number of hydrogen-bond donors (Lipinski definition) is 1. The first kappa shape index (κ1) is 25.5. The second-order valence-corrected chi connectivity index (χ2v) is 9.36. The van der Waals surface area contributed by atoms with Crippen LogP contribution in [-0.2, 0) is 23.9 Å². The molecule has 7 heteroatoms. The largest absolute Gasteiger partial charge is 0.491 e. The van der Waals surface area contributed by atoms with E-state index < -0.39 is 23.8 Å². The number of ketones is 1. The summed E-state index contributed by atoms with van der Waals surface area (Å²) in [6.07, 6.45) is 0.755. The lowest BCUT2D eigenvalue weighted by Gasteiger charge is -2.38. The zero-order chi connectivity index (χ0) is 25.2. The third kappa shape index (κ3) is 4.88. The van der Waals surface area contributed by atoms with Crippen molar-refractivity contribution in [3.8, 4) is 5.75 Å². The second-order valence-electron chi connectivity index (χ2n) is 9.36. The fraction of sp³-hybridized carbons (Fsp3) is 0.519. The molecule has 0 amide bonds. The summed E-state index contributed by atoms with van der Waals surface area (Å²) in [5.41, 5.74) is 2.79. The van der Waals surface area contributed by atoms with Gasteiger partial charge in [0.25, 0.3) is 0 Å². The van der Waals surface area contributed by atoms with E-state index in [2.05, 4.69) is 5.32 Å². The van der Waals surface area contributed by atoms with Crippen LogP contribution in [0.2, 0.25) is 0 Å². The highest BCUT2D eigenvalue weighted by molar-refractivity contribution is 6.12. The summed E-state index contributed by atoms with van der Waals surface area (Å²) in [6.45, 7) is 11.3. The third-order valence-electron chi connectivity index (χ3n) is 6.44. The van der Waals surface area contributed by atoms with Gasteiger partial charge in [-0.3, -0.25) is 9.59 Å². The minimum absolute atomic E-state index is 0.109. The molecule has 3 rings (SSSR count). The van der Waals surface area contributed by atoms with E-state index in [4.69, 9.17) is 14.2 Å². The maximum Gasteiger partial charge on any atom is 0.337 e. The van der Waals surface area contributed by atoms with Crippen LogP contribution in [0.3, 0.4) is 0 Å². The summed E-state index contributed by atoms with van der Waals surface area (Å²) < 4.78 is 16.7. The number of nitrogens with one attached hydrogen (secondary N) is 1. The number of allylic oxidation sites excluding steroid dienone is 3. The van der Waals surface area contributed by atoms with Gasteiger partial charge in [-0.15, -0.1) is 0 Å². The van der Waals surface area contributed by atoms with Crippen molar-refractivity contribution < 1.29 is 28.6 Å². The van der Waals surface area contributed by atoms with Crippen LogP contribution in [0.15, 0.2) is 46.8 Å². The Kier molecular flexibility index (Phi) is 7.85. The van der Waals surface area contributed by atoms with Crippen molar-refractivity contribution in [2.75, 3.05) is 7.11 Å². The van der Waals surface area contributed by atoms with Crippen molar-refractivity contribution in [3.05, 3.63) is 52.4 Å². The zero-order valence-electron chi connectivity index (χ0n) is 21.1. The standard InChI is InChI=1S/C27H35NO6/c1-8-16(5)34-27(31)22-17(6)28-19-13-15(4)21(26(30)32-7)25(29)24(19)23(22)18-11-9-10-12-20(18)33-14(2)3/h9-12,14-16,21,23,28H,8,13H2,1-7H3/t15-,16-,21+,23+/m0/s1. The molecule has 0 saturated heterocycles. The van der Waals surface area contributed by atoms with Gasteiger partial charge in [0, 0.05) is 22.5 Å². The fourth-order valence-electron chi connectivity index (χ4n) is 4.67. The van der Waals surface area contributed by atoms with Gasteiger partial charge in [-0.2, -0.15) is 0 Å². The van der Waals surface area contributed by atoms with Crippen molar-refractivity contribution >= 4 is 17.7 Å². The summed E-state index contributed by atoms with van der Waals surface area (Å²) in [7, 11) is 1.29. The second kappa shape index (κ2) is 10.5. The molecule has 1 aliphatic carbocycles. The van der Waals surface area contributed by atoms with Gasteiger partial charge in [0.2, 0.25) is 0 Å². The molecule has 4 atom stereocenters. The topological polar surface area (TPSA) is 90.9 Å².